The van der Waals surface area contributed by atoms with E-state index in [0.29, 0.717) is 0 Å². The minimum atomic E-state index is 0.242. The van der Waals surface area contributed by atoms with E-state index in [1.165, 1.54) is 10.6 Å². The van der Waals surface area contributed by atoms with E-state index in [2.05, 4.69) is 22.5 Å². The van der Waals surface area contributed by atoms with Gasteiger partial charge in [-0.05, 0) is 26.1 Å². The van der Waals surface area contributed by atoms with Crippen LogP contribution in [0.1, 0.15) is 17.3 Å². The van der Waals surface area contributed by atoms with Crippen molar-refractivity contribution in [2.45, 2.75) is 18.0 Å². The second kappa shape index (κ2) is 6.81. The summed E-state index contributed by atoms with van der Waals surface area (Å²) in [5.41, 5.74) is 2.23. The Kier molecular flexibility index (Phi) is 5.09. The number of ether oxygens (including phenoxy) is 1. The summed E-state index contributed by atoms with van der Waals surface area (Å²) < 4.78 is 7.37. The number of hydrogen-bond acceptors (Lipinski definition) is 4. The molecule has 1 heterocycles. The van der Waals surface area contributed by atoms with Crippen molar-refractivity contribution in [2.75, 3.05) is 19.9 Å². The van der Waals surface area contributed by atoms with Crippen LogP contribution in [0, 0.1) is 6.92 Å². The molecule has 2 aromatic rings. The maximum Gasteiger partial charge on any atom is 0.123 e. The molecule has 0 aliphatic rings. The Morgan fingerprint density at radius 3 is 2.75 bits per heavy atom. The van der Waals surface area contributed by atoms with Crippen molar-refractivity contribution in [3.63, 3.8) is 0 Å². The van der Waals surface area contributed by atoms with Gasteiger partial charge in [0.25, 0.3) is 0 Å². The number of hydrogen-bond donors (Lipinski definition) is 1. The molecule has 0 spiro atoms. The van der Waals surface area contributed by atoms with Gasteiger partial charge >= 0.3 is 0 Å². The summed E-state index contributed by atoms with van der Waals surface area (Å²) in [5.74, 6) is 1.85. The number of para-hydroxylation sites is 1. The van der Waals surface area contributed by atoms with Crippen LogP contribution in [0.5, 0.6) is 5.75 Å². The van der Waals surface area contributed by atoms with Gasteiger partial charge in [-0.2, -0.15) is 5.10 Å². The van der Waals surface area contributed by atoms with Crippen molar-refractivity contribution in [3.8, 4) is 5.75 Å². The first-order valence-corrected chi connectivity index (χ1v) is 7.58. The summed E-state index contributed by atoms with van der Waals surface area (Å²) in [7, 11) is 5.67. The molecule has 0 amide bonds. The summed E-state index contributed by atoms with van der Waals surface area (Å²) in [6, 6.07) is 10.5. The summed E-state index contributed by atoms with van der Waals surface area (Å²) >= 11 is 1.80. The third kappa shape index (κ3) is 3.35. The van der Waals surface area contributed by atoms with Crippen LogP contribution >= 0.6 is 11.8 Å². The quantitative estimate of drug-likeness (QED) is 0.831. The molecule has 0 saturated heterocycles. The first-order chi connectivity index (χ1) is 9.65. The molecule has 108 valence electrons. The van der Waals surface area contributed by atoms with Crippen LogP contribution < -0.4 is 10.1 Å². The number of nitrogens with one attached hydrogen (secondary N) is 1. The van der Waals surface area contributed by atoms with Crippen LogP contribution in [0.15, 0.2) is 35.4 Å². The second-order valence-corrected chi connectivity index (χ2v) is 5.68. The Labute approximate surface area is 124 Å². The highest BCUT2D eigenvalue weighted by Crippen LogP contribution is 2.29. The third-order valence-corrected chi connectivity index (χ3v) is 4.40. The largest absolute Gasteiger partial charge is 0.496 e. The lowest BCUT2D eigenvalue weighted by atomic mass is 10.1. The number of aromatic nitrogens is 2. The van der Waals surface area contributed by atoms with E-state index < -0.39 is 0 Å². The Hall–Kier alpha value is -1.46. The van der Waals surface area contributed by atoms with Gasteiger partial charge in [-0.1, -0.05) is 18.2 Å². The molecule has 1 N–H and O–H groups in total. The van der Waals surface area contributed by atoms with Gasteiger partial charge in [0.05, 0.1) is 17.8 Å². The molecular weight excluding hydrogens is 270 g/mol. The van der Waals surface area contributed by atoms with E-state index in [1.807, 2.05) is 43.9 Å². The average Bonchev–Trinajstić information content (AvgIpc) is 2.78. The maximum atomic E-state index is 5.44. The van der Waals surface area contributed by atoms with E-state index >= 15 is 0 Å². The van der Waals surface area contributed by atoms with Crippen LogP contribution in [0.4, 0.5) is 0 Å². The Morgan fingerprint density at radius 2 is 2.15 bits per heavy atom. The zero-order valence-corrected chi connectivity index (χ0v) is 13.2. The van der Waals surface area contributed by atoms with Gasteiger partial charge in [-0.15, -0.1) is 11.8 Å². The monoisotopic (exact) mass is 291 g/mol. The minimum absolute atomic E-state index is 0.242. The molecule has 0 fully saturated rings. The normalized spacial score (nSPS) is 12.4. The van der Waals surface area contributed by atoms with E-state index in [9.17, 15) is 0 Å². The lowest BCUT2D eigenvalue weighted by molar-refractivity contribution is 0.404. The molecule has 2 rings (SSSR count). The van der Waals surface area contributed by atoms with Gasteiger partial charge in [0.15, 0.2) is 0 Å². The van der Waals surface area contributed by atoms with Crippen LogP contribution in [-0.4, -0.2) is 29.7 Å². The lowest BCUT2D eigenvalue weighted by Gasteiger charge is -2.18. The van der Waals surface area contributed by atoms with Crippen molar-refractivity contribution in [1.82, 2.24) is 15.1 Å². The molecule has 1 unspecified atom stereocenters. The van der Waals surface area contributed by atoms with Crippen LogP contribution in [-0.2, 0) is 7.05 Å². The van der Waals surface area contributed by atoms with E-state index in [4.69, 9.17) is 4.74 Å². The predicted molar refractivity (Wildman–Crippen MR) is 83.5 cm³/mol. The van der Waals surface area contributed by atoms with E-state index in [0.717, 1.165) is 17.2 Å². The number of rotatable bonds is 6. The van der Waals surface area contributed by atoms with Gasteiger partial charge in [0.1, 0.15) is 5.75 Å². The molecule has 0 saturated carbocycles. The molecular formula is C15H21N3OS. The summed E-state index contributed by atoms with van der Waals surface area (Å²) in [4.78, 5) is 0. The number of thioether (sulfide) groups is 1. The Morgan fingerprint density at radius 1 is 1.40 bits per heavy atom. The molecule has 1 aromatic carbocycles. The van der Waals surface area contributed by atoms with E-state index in [1.54, 1.807) is 18.9 Å². The van der Waals surface area contributed by atoms with Gasteiger partial charge in [0.2, 0.25) is 0 Å². The zero-order valence-electron chi connectivity index (χ0n) is 12.4. The number of methoxy groups -OCH3 is 1. The summed E-state index contributed by atoms with van der Waals surface area (Å²) in [6.45, 7) is 2.01. The minimum Gasteiger partial charge on any atom is -0.496 e. The molecule has 4 nitrogen and oxygen atoms in total. The molecule has 0 aliphatic carbocycles. The van der Waals surface area contributed by atoms with Crippen LogP contribution in [0.25, 0.3) is 0 Å². The molecule has 0 bridgehead atoms. The first-order valence-electron chi connectivity index (χ1n) is 6.59. The first kappa shape index (κ1) is 14.9. The maximum absolute atomic E-state index is 5.44. The summed E-state index contributed by atoms with van der Waals surface area (Å²) in [5, 5.41) is 8.91. The molecule has 0 radical (unpaired) electrons. The molecule has 0 aliphatic heterocycles. The Balaban J connectivity index is 2.11. The molecule has 5 heteroatoms. The standard InChI is InChI=1S/C15H21N3OS/c1-11-9-15(18(3)17-11)20-10-13(16-2)12-7-5-6-8-14(12)19-4/h5-9,13,16H,10H2,1-4H3. The van der Waals surface area contributed by atoms with Gasteiger partial charge < -0.3 is 10.1 Å². The van der Waals surface area contributed by atoms with Crippen LogP contribution in [0.3, 0.4) is 0 Å². The smallest absolute Gasteiger partial charge is 0.123 e. The predicted octanol–water partition coefficient (Wildman–Crippen LogP) is 2.79. The average molecular weight is 291 g/mol. The number of aryl methyl sites for hydroxylation is 2. The highest BCUT2D eigenvalue weighted by Gasteiger charge is 2.15. The lowest BCUT2D eigenvalue weighted by Crippen LogP contribution is -2.19. The zero-order chi connectivity index (χ0) is 14.5. The number of benzene rings is 1. The van der Waals surface area contributed by atoms with Crippen molar-refractivity contribution >= 4 is 11.8 Å². The second-order valence-electron chi connectivity index (χ2n) is 4.64. The van der Waals surface area contributed by atoms with Crippen LogP contribution in [0.2, 0.25) is 0 Å². The highest BCUT2D eigenvalue weighted by molar-refractivity contribution is 7.99. The Bertz CT molecular complexity index is 568. The van der Waals surface area contributed by atoms with Crippen molar-refractivity contribution in [3.05, 3.63) is 41.6 Å². The molecule has 1 aromatic heterocycles. The third-order valence-electron chi connectivity index (χ3n) is 3.22. The summed E-state index contributed by atoms with van der Waals surface area (Å²) in [6.07, 6.45) is 0. The van der Waals surface area contributed by atoms with Gasteiger partial charge in [-0.25, -0.2) is 0 Å². The van der Waals surface area contributed by atoms with Crippen molar-refractivity contribution < 1.29 is 4.74 Å². The fourth-order valence-electron chi connectivity index (χ4n) is 2.17. The van der Waals surface area contributed by atoms with Crippen molar-refractivity contribution in [1.29, 1.82) is 0 Å². The highest BCUT2D eigenvalue weighted by atomic mass is 32.2. The molecule has 1 atom stereocenters. The van der Waals surface area contributed by atoms with Gasteiger partial charge in [-0.3, -0.25) is 4.68 Å². The topological polar surface area (TPSA) is 39.1 Å². The number of nitrogens with zero attached hydrogens (tertiary/aromatic N) is 2. The van der Waals surface area contributed by atoms with Gasteiger partial charge in [0, 0.05) is 24.4 Å². The fourth-order valence-corrected chi connectivity index (χ4v) is 3.34. The van der Waals surface area contributed by atoms with Crippen molar-refractivity contribution in [2.24, 2.45) is 7.05 Å². The van der Waals surface area contributed by atoms with E-state index in [-0.39, 0.29) is 6.04 Å². The SMILES string of the molecule is CNC(CSc1cc(C)nn1C)c1ccccc1OC. The molecule has 20 heavy (non-hydrogen) atoms. The fraction of sp³-hybridized carbons (Fsp3) is 0.400.